The summed E-state index contributed by atoms with van der Waals surface area (Å²) in [6, 6.07) is 16.0. The molecule has 8 nitrogen and oxygen atoms in total. The monoisotopic (exact) mass is 721 g/mol. The normalized spacial score (nSPS) is 19.8. The molecule has 3 atom stereocenters. The van der Waals surface area contributed by atoms with E-state index in [-0.39, 0.29) is 53.2 Å². The molecule has 1 saturated heterocycles. The zero-order valence-corrected chi connectivity index (χ0v) is 30.2. The Morgan fingerprint density at radius 1 is 1.02 bits per heavy atom. The van der Waals surface area contributed by atoms with E-state index in [0.29, 0.717) is 51.8 Å². The van der Waals surface area contributed by atoms with Gasteiger partial charge in [0.25, 0.3) is 5.91 Å². The Labute approximate surface area is 303 Å². The van der Waals surface area contributed by atoms with Gasteiger partial charge in [0, 0.05) is 61.9 Å². The van der Waals surface area contributed by atoms with Crippen molar-refractivity contribution in [1.29, 1.82) is 0 Å². The van der Waals surface area contributed by atoms with Crippen molar-refractivity contribution in [1.82, 2.24) is 15.5 Å². The Kier molecular flexibility index (Phi) is 12.0. The maximum absolute atomic E-state index is 14.9. The van der Waals surface area contributed by atoms with Crippen LogP contribution >= 0.6 is 11.6 Å². The van der Waals surface area contributed by atoms with Crippen LogP contribution in [0.15, 0.2) is 60.2 Å². The molecule has 3 aromatic carbocycles. The maximum atomic E-state index is 14.9. The van der Waals surface area contributed by atoms with E-state index in [9.17, 15) is 18.4 Å². The predicted molar refractivity (Wildman–Crippen MR) is 193 cm³/mol. The zero-order valence-electron chi connectivity index (χ0n) is 29.4. The van der Waals surface area contributed by atoms with Gasteiger partial charge in [0.05, 0.1) is 20.3 Å². The van der Waals surface area contributed by atoms with Crippen molar-refractivity contribution < 1.29 is 32.6 Å². The molecule has 272 valence electrons. The lowest BCUT2D eigenvalue weighted by Gasteiger charge is -2.43. The van der Waals surface area contributed by atoms with Crippen LogP contribution in [0.2, 0.25) is 5.02 Å². The van der Waals surface area contributed by atoms with Crippen LogP contribution in [0.5, 0.6) is 11.5 Å². The number of hydrogen-bond donors (Lipinski definition) is 2. The highest BCUT2D eigenvalue weighted by Gasteiger charge is 2.44. The lowest BCUT2D eigenvalue weighted by molar-refractivity contribution is -0.130. The summed E-state index contributed by atoms with van der Waals surface area (Å²) in [5.41, 5.74) is 5.91. The van der Waals surface area contributed by atoms with Gasteiger partial charge in [-0.1, -0.05) is 48.0 Å². The average Bonchev–Trinajstić information content (AvgIpc) is 3.97. The molecule has 51 heavy (non-hydrogen) atoms. The fourth-order valence-electron chi connectivity index (χ4n) is 7.35. The van der Waals surface area contributed by atoms with Gasteiger partial charge in [-0.3, -0.25) is 9.59 Å². The summed E-state index contributed by atoms with van der Waals surface area (Å²) in [7, 11) is 3.27. The Morgan fingerprint density at radius 3 is 2.53 bits per heavy atom. The van der Waals surface area contributed by atoms with Crippen molar-refractivity contribution in [2.75, 3.05) is 34.0 Å². The maximum Gasteiger partial charge on any atom is 0.252 e. The van der Waals surface area contributed by atoms with Crippen LogP contribution in [0.4, 0.5) is 8.78 Å². The number of amides is 2. The molecule has 2 aliphatic heterocycles. The average molecular weight is 722 g/mol. The lowest BCUT2D eigenvalue weighted by atomic mass is 9.74. The first-order valence-electron chi connectivity index (χ1n) is 17.7. The highest BCUT2D eigenvalue weighted by Crippen LogP contribution is 2.41. The topological polar surface area (TPSA) is 89.1 Å². The van der Waals surface area contributed by atoms with E-state index in [1.165, 1.54) is 0 Å². The molecule has 3 aliphatic rings. The SMILES string of the molecule is COCCNC(=O)C1CC2CC(c3ccc(CCCOc4cc(F)cc(F)c4Cl)cc3)=C(C(=O)N(Cc3cccc(OC)c3C)C3CC3)C(C1)N2. The molecule has 2 fully saturated rings. The van der Waals surface area contributed by atoms with Crippen molar-refractivity contribution in [3.05, 3.63) is 99.1 Å². The molecule has 0 radical (unpaired) electrons. The molecule has 6 rings (SSSR count). The molecular weight excluding hydrogens is 676 g/mol. The lowest BCUT2D eigenvalue weighted by Crippen LogP contribution is -2.55. The summed E-state index contributed by atoms with van der Waals surface area (Å²) >= 11 is 5.94. The third-order valence-corrected chi connectivity index (χ3v) is 10.6. The van der Waals surface area contributed by atoms with Crippen LogP contribution in [0, 0.1) is 24.5 Å². The van der Waals surface area contributed by atoms with Crippen molar-refractivity contribution in [2.24, 2.45) is 5.92 Å². The Bertz CT molecular complexity index is 1760. The number of fused-ring (bicyclic) bond motifs is 2. The number of carbonyl (C=O) groups excluding carboxylic acids is 2. The molecule has 0 spiro atoms. The number of halogens is 3. The molecule has 1 saturated carbocycles. The Balaban J connectivity index is 1.24. The van der Waals surface area contributed by atoms with E-state index < -0.39 is 11.6 Å². The fraction of sp³-hybridized carbons (Fsp3) is 0.450. The quantitative estimate of drug-likeness (QED) is 0.133. The summed E-state index contributed by atoms with van der Waals surface area (Å²) < 4.78 is 43.7. The molecule has 2 N–H and O–H groups in total. The number of piperidine rings is 1. The molecule has 11 heteroatoms. The second-order valence-corrected chi connectivity index (χ2v) is 14.1. The van der Waals surface area contributed by atoms with Crippen LogP contribution in [-0.4, -0.2) is 68.8 Å². The van der Waals surface area contributed by atoms with Crippen molar-refractivity contribution in [3.8, 4) is 11.5 Å². The minimum absolute atomic E-state index is 0.00277. The largest absolute Gasteiger partial charge is 0.496 e. The first-order chi connectivity index (χ1) is 24.7. The Hall–Kier alpha value is -3.99. The number of benzene rings is 3. The van der Waals surface area contributed by atoms with Crippen LogP contribution < -0.4 is 20.1 Å². The molecule has 3 aromatic rings. The summed E-state index contributed by atoms with van der Waals surface area (Å²) in [4.78, 5) is 30.1. The number of nitrogens with zero attached hydrogens (tertiary/aromatic N) is 1. The molecule has 1 aliphatic carbocycles. The van der Waals surface area contributed by atoms with Crippen LogP contribution in [0.1, 0.15) is 60.8 Å². The molecule has 2 amide bonds. The van der Waals surface area contributed by atoms with Gasteiger partial charge in [-0.05, 0) is 85.8 Å². The standard InChI is InChI=1S/C40H46ClF2N3O5/c1-24-27(7-4-8-35(24)50-3)23-46(31-13-14-31)40(48)37-32(22-30-18-28(19-34(37)45-30)39(47)44-15-17-49-2)26-11-9-25(10-12-26)6-5-16-51-36-21-29(42)20-33(43)38(36)41/h4,7-12,20-21,28,30-31,34,45H,5-6,13-19,22-23H2,1-3H3,(H,44,47). The summed E-state index contributed by atoms with van der Waals surface area (Å²) in [5, 5.41) is 6.49. The number of aryl methyl sites for hydroxylation is 1. The zero-order chi connectivity index (χ0) is 36.1. The first-order valence-corrected chi connectivity index (χ1v) is 18.1. The third kappa shape index (κ3) is 8.73. The highest BCUT2D eigenvalue weighted by atomic mass is 35.5. The van der Waals surface area contributed by atoms with Crippen LogP contribution in [0.25, 0.3) is 5.57 Å². The number of carbonyl (C=O) groups is 2. The van der Waals surface area contributed by atoms with Gasteiger partial charge in [-0.2, -0.15) is 0 Å². The summed E-state index contributed by atoms with van der Waals surface area (Å²) in [6.45, 7) is 3.65. The number of rotatable bonds is 15. The smallest absolute Gasteiger partial charge is 0.252 e. The van der Waals surface area contributed by atoms with Crippen molar-refractivity contribution in [3.63, 3.8) is 0 Å². The van der Waals surface area contributed by atoms with Crippen molar-refractivity contribution >= 4 is 29.0 Å². The highest BCUT2D eigenvalue weighted by molar-refractivity contribution is 6.32. The van der Waals surface area contributed by atoms with E-state index in [2.05, 4.69) is 41.0 Å². The minimum Gasteiger partial charge on any atom is -0.496 e. The van der Waals surface area contributed by atoms with E-state index in [1.807, 2.05) is 24.0 Å². The first kappa shape index (κ1) is 36.8. The van der Waals surface area contributed by atoms with E-state index >= 15 is 0 Å². The van der Waals surface area contributed by atoms with Crippen molar-refractivity contribution in [2.45, 2.75) is 76.5 Å². The predicted octanol–water partition coefficient (Wildman–Crippen LogP) is 6.79. The minimum atomic E-state index is -0.854. The van der Waals surface area contributed by atoms with Gasteiger partial charge in [-0.15, -0.1) is 0 Å². The van der Waals surface area contributed by atoms with Gasteiger partial charge in [-0.25, -0.2) is 8.78 Å². The molecule has 3 unspecified atom stereocenters. The second kappa shape index (κ2) is 16.6. The van der Waals surface area contributed by atoms with Gasteiger partial charge < -0.3 is 29.7 Å². The second-order valence-electron chi connectivity index (χ2n) is 13.7. The van der Waals surface area contributed by atoms with Gasteiger partial charge in [0.15, 0.2) is 0 Å². The Morgan fingerprint density at radius 2 is 1.80 bits per heavy atom. The number of methoxy groups -OCH3 is 2. The molecule has 2 heterocycles. The number of hydrogen-bond acceptors (Lipinski definition) is 6. The van der Waals surface area contributed by atoms with Gasteiger partial charge in [0.1, 0.15) is 28.2 Å². The molecule has 2 bridgehead atoms. The van der Waals surface area contributed by atoms with E-state index in [1.54, 1.807) is 14.2 Å². The fourth-order valence-corrected chi connectivity index (χ4v) is 7.52. The van der Waals surface area contributed by atoms with Crippen LogP contribution in [0.3, 0.4) is 0 Å². The molecular formula is C40H46ClF2N3O5. The van der Waals surface area contributed by atoms with Gasteiger partial charge >= 0.3 is 0 Å². The number of nitrogens with one attached hydrogen (secondary N) is 2. The third-order valence-electron chi connectivity index (χ3n) is 10.2. The van der Waals surface area contributed by atoms with E-state index in [0.717, 1.165) is 64.1 Å². The number of ether oxygens (including phenoxy) is 3. The van der Waals surface area contributed by atoms with Crippen LogP contribution in [-0.2, 0) is 27.3 Å². The summed E-state index contributed by atoms with van der Waals surface area (Å²) in [5.74, 6) is -1.00. The molecule has 0 aromatic heterocycles. The summed E-state index contributed by atoms with van der Waals surface area (Å²) in [6.07, 6.45) is 5.07. The van der Waals surface area contributed by atoms with E-state index in [4.69, 9.17) is 25.8 Å². The van der Waals surface area contributed by atoms with Gasteiger partial charge in [0.2, 0.25) is 5.91 Å².